The maximum absolute atomic E-state index is 13.2. The lowest BCUT2D eigenvalue weighted by molar-refractivity contribution is -0.140. The second kappa shape index (κ2) is 13.4. The standard InChI is InChI=1S/C31H42ClN5O6/c1-31(2,3)43-30(42)37-12-10-18(11-13-37)14-26(38)28(40)35-24-16-19(29(41)36(4)5)6-8-23(24)34-27(39)25-17-20-15-21(32)7-9-22(20)33-25/h7,9,15,17-19,23-24,33H,6,8,10-14,16H2,1-5H3,(H,34,39)(H,35,40)/t19-,23-,24+/m0/s1. The van der Waals surface area contributed by atoms with Crippen LogP contribution in [0.4, 0.5) is 4.79 Å². The number of benzene rings is 1. The number of piperidine rings is 1. The lowest BCUT2D eigenvalue weighted by Gasteiger charge is -2.37. The average molecular weight is 616 g/mol. The summed E-state index contributed by atoms with van der Waals surface area (Å²) in [6.45, 7) is 6.36. The Morgan fingerprint density at radius 1 is 1.00 bits per heavy atom. The van der Waals surface area contributed by atoms with Crippen LogP contribution in [-0.2, 0) is 19.1 Å². The molecule has 3 atom stereocenters. The van der Waals surface area contributed by atoms with Crippen molar-refractivity contribution < 1.29 is 28.7 Å². The van der Waals surface area contributed by atoms with Gasteiger partial charge in [-0.15, -0.1) is 0 Å². The predicted octanol–water partition coefficient (Wildman–Crippen LogP) is 3.90. The van der Waals surface area contributed by atoms with Crippen LogP contribution in [0.5, 0.6) is 0 Å². The number of halogens is 1. The van der Waals surface area contributed by atoms with E-state index < -0.39 is 29.4 Å². The number of Topliss-reactive ketones (excluding diaryl/α,β-unsaturated/α-hetero) is 1. The summed E-state index contributed by atoms with van der Waals surface area (Å²) in [6, 6.07) is 5.93. The fourth-order valence-electron chi connectivity index (χ4n) is 5.81. The minimum Gasteiger partial charge on any atom is -0.444 e. The van der Waals surface area contributed by atoms with Crippen molar-refractivity contribution in [3.8, 4) is 0 Å². The summed E-state index contributed by atoms with van der Waals surface area (Å²) in [4.78, 5) is 70.7. The molecule has 1 saturated heterocycles. The highest BCUT2D eigenvalue weighted by atomic mass is 35.5. The highest BCUT2D eigenvalue weighted by Crippen LogP contribution is 2.28. The number of rotatable bonds is 7. The molecule has 1 aliphatic carbocycles. The quantitative estimate of drug-likeness (QED) is 0.404. The van der Waals surface area contributed by atoms with Crippen LogP contribution in [0.2, 0.25) is 5.02 Å². The van der Waals surface area contributed by atoms with E-state index in [2.05, 4.69) is 15.6 Å². The molecule has 3 N–H and O–H groups in total. The Balaban J connectivity index is 1.37. The van der Waals surface area contributed by atoms with E-state index in [1.807, 2.05) is 20.8 Å². The molecule has 2 aliphatic rings. The molecule has 2 aromatic rings. The van der Waals surface area contributed by atoms with E-state index in [-0.39, 0.29) is 36.2 Å². The third kappa shape index (κ3) is 8.49. The number of fused-ring (bicyclic) bond motifs is 1. The molecule has 12 heteroatoms. The first-order valence-electron chi connectivity index (χ1n) is 14.8. The molecule has 1 saturated carbocycles. The number of hydrogen-bond donors (Lipinski definition) is 3. The maximum atomic E-state index is 13.2. The maximum Gasteiger partial charge on any atom is 0.410 e. The van der Waals surface area contributed by atoms with Crippen molar-refractivity contribution in [3.05, 3.63) is 35.0 Å². The fourth-order valence-corrected chi connectivity index (χ4v) is 5.99. The fraction of sp³-hybridized carbons (Fsp3) is 0.581. The summed E-state index contributed by atoms with van der Waals surface area (Å²) in [6.07, 6.45) is 2.18. The van der Waals surface area contributed by atoms with Crippen molar-refractivity contribution in [2.75, 3.05) is 27.2 Å². The Kier molecular flexibility index (Phi) is 10.0. The molecular formula is C31H42ClN5O6. The first-order chi connectivity index (χ1) is 20.2. The van der Waals surface area contributed by atoms with Gasteiger partial charge in [-0.3, -0.25) is 19.2 Å². The molecule has 43 heavy (non-hydrogen) atoms. The molecule has 0 radical (unpaired) electrons. The lowest BCUT2D eigenvalue weighted by atomic mass is 9.81. The summed E-state index contributed by atoms with van der Waals surface area (Å²) in [5.41, 5.74) is 0.531. The van der Waals surface area contributed by atoms with E-state index in [9.17, 15) is 24.0 Å². The summed E-state index contributed by atoms with van der Waals surface area (Å²) in [5.74, 6) is -2.05. The smallest absolute Gasteiger partial charge is 0.410 e. The van der Waals surface area contributed by atoms with Crippen LogP contribution in [0.3, 0.4) is 0 Å². The molecule has 234 valence electrons. The van der Waals surface area contributed by atoms with Crippen molar-refractivity contribution >= 4 is 52.1 Å². The number of carbonyl (C=O) groups is 5. The van der Waals surface area contributed by atoms with Gasteiger partial charge in [0.05, 0.1) is 6.04 Å². The van der Waals surface area contributed by atoms with Gasteiger partial charge in [0.25, 0.3) is 11.8 Å². The molecule has 4 amide bonds. The second-order valence-corrected chi connectivity index (χ2v) is 13.3. The molecule has 1 aromatic carbocycles. The lowest BCUT2D eigenvalue weighted by Crippen LogP contribution is -2.57. The number of ketones is 1. The zero-order valence-electron chi connectivity index (χ0n) is 25.5. The second-order valence-electron chi connectivity index (χ2n) is 12.9. The van der Waals surface area contributed by atoms with Crippen LogP contribution in [0, 0.1) is 11.8 Å². The zero-order chi connectivity index (χ0) is 31.5. The van der Waals surface area contributed by atoms with Gasteiger partial charge in [-0.2, -0.15) is 0 Å². The molecule has 4 rings (SSSR count). The average Bonchev–Trinajstić information content (AvgIpc) is 3.36. The van der Waals surface area contributed by atoms with E-state index in [0.29, 0.717) is 55.9 Å². The highest BCUT2D eigenvalue weighted by Gasteiger charge is 2.38. The van der Waals surface area contributed by atoms with Gasteiger partial charge >= 0.3 is 6.09 Å². The van der Waals surface area contributed by atoms with Gasteiger partial charge in [0.1, 0.15) is 11.3 Å². The van der Waals surface area contributed by atoms with Crippen molar-refractivity contribution in [2.45, 2.75) is 77.0 Å². The Hall–Kier alpha value is -3.60. The van der Waals surface area contributed by atoms with Crippen LogP contribution in [0.1, 0.15) is 69.8 Å². The summed E-state index contributed by atoms with van der Waals surface area (Å²) in [7, 11) is 3.37. The van der Waals surface area contributed by atoms with Crippen molar-refractivity contribution in [3.63, 3.8) is 0 Å². The Morgan fingerprint density at radius 3 is 2.35 bits per heavy atom. The third-order valence-corrected chi connectivity index (χ3v) is 8.33. The third-order valence-electron chi connectivity index (χ3n) is 8.09. The number of carbonyl (C=O) groups excluding carboxylic acids is 5. The van der Waals surface area contributed by atoms with Crippen LogP contribution in [0.25, 0.3) is 10.9 Å². The number of H-pyrrole nitrogens is 1. The predicted molar refractivity (Wildman–Crippen MR) is 163 cm³/mol. The minimum absolute atomic E-state index is 0.0302. The van der Waals surface area contributed by atoms with E-state index in [1.165, 1.54) is 4.90 Å². The molecule has 0 bridgehead atoms. The monoisotopic (exact) mass is 615 g/mol. The number of nitrogens with one attached hydrogen (secondary N) is 3. The summed E-state index contributed by atoms with van der Waals surface area (Å²) in [5, 5.41) is 7.20. The first kappa shape index (κ1) is 32.3. The van der Waals surface area contributed by atoms with Crippen LogP contribution < -0.4 is 10.6 Å². The van der Waals surface area contributed by atoms with Gasteiger partial charge in [0, 0.05) is 61.5 Å². The van der Waals surface area contributed by atoms with E-state index in [1.54, 1.807) is 43.3 Å². The van der Waals surface area contributed by atoms with E-state index >= 15 is 0 Å². The number of aromatic amines is 1. The van der Waals surface area contributed by atoms with Crippen LogP contribution in [-0.4, -0.2) is 89.3 Å². The largest absolute Gasteiger partial charge is 0.444 e. The summed E-state index contributed by atoms with van der Waals surface area (Å²) >= 11 is 6.08. The summed E-state index contributed by atoms with van der Waals surface area (Å²) < 4.78 is 5.43. The molecule has 11 nitrogen and oxygen atoms in total. The number of ether oxygens (including phenoxy) is 1. The number of nitrogens with zero attached hydrogens (tertiary/aromatic N) is 2. The topological polar surface area (TPSA) is 141 Å². The Morgan fingerprint density at radius 2 is 1.70 bits per heavy atom. The number of likely N-dealkylation sites (tertiary alicyclic amines) is 1. The number of hydrogen-bond acceptors (Lipinski definition) is 6. The zero-order valence-corrected chi connectivity index (χ0v) is 26.3. The van der Waals surface area contributed by atoms with Gasteiger partial charge in [-0.1, -0.05) is 11.6 Å². The molecular weight excluding hydrogens is 574 g/mol. The molecule has 0 unspecified atom stereocenters. The van der Waals surface area contributed by atoms with Gasteiger partial charge in [0.15, 0.2) is 0 Å². The molecule has 1 aromatic heterocycles. The van der Waals surface area contributed by atoms with E-state index in [0.717, 1.165) is 10.9 Å². The minimum atomic E-state index is -0.725. The molecule has 2 heterocycles. The van der Waals surface area contributed by atoms with Crippen LogP contribution >= 0.6 is 11.6 Å². The number of amides is 4. The van der Waals surface area contributed by atoms with Crippen LogP contribution in [0.15, 0.2) is 24.3 Å². The first-order valence-corrected chi connectivity index (χ1v) is 15.2. The van der Waals surface area contributed by atoms with Gasteiger partial charge in [0.2, 0.25) is 11.7 Å². The van der Waals surface area contributed by atoms with Crippen molar-refractivity contribution in [1.29, 1.82) is 0 Å². The number of aromatic nitrogens is 1. The SMILES string of the molecule is CN(C)C(=O)[C@H]1CC[C@H](NC(=O)c2cc3cc(Cl)ccc3[nH]2)[C@H](NC(=O)C(=O)CC2CCN(C(=O)OC(C)(C)C)CC2)C1. The van der Waals surface area contributed by atoms with E-state index in [4.69, 9.17) is 16.3 Å². The van der Waals surface area contributed by atoms with Gasteiger partial charge in [-0.25, -0.2) is 4.79 Å². The molecule has 0 spiro atoms. The highest BCUT2D eigenvalue weighted by molar-refractivity contribution is 6.36. The van der Waals surface area contributed by atoms with Crippen molar-refractivity contribution in [1.82, 2.24) is 25.4 Å². The van der Waals surface area contributed by atoms with Gasteiger partial charge in [-0.05, 0) is 83.1 Å². The van der Waals surface area contributed by atoms with Crippen molar-refractivity contribution in [2.24, 2.45) is 11.8 Å². The molecule has 2 fully saturated rings. The molecule has 1 aliphatic heterocycles. The Bertz CT molecular complexity index is 1370. The normalized spacial score (nSPS) is 21.3. The Labute approximate surface area is 257 Å². The van der Waals surface area contributed by atoms with Gasteiger partial charge < -0.3 is 30.2 Å².